The Kier molecular flexibility index (Phi) is 4.07. The summed E-state index contributed by atoms with van der Waals surface area (Å²) in [5.41, 5.74) is 1.30. The van der Waals surface area contributed by atoms with E-state index in [1.165, 1.54) is 24.8 Å². The van der Waals surface area contributed by atoms with Gasteiger partial charge in [0.2, 0.25) is 0 Å². The van der Waals surface area contributed by atoms with Crippen molar-refractivity contribution in [3.63, 3.8) is 0 Å². The number of nitrogens with one attached hydrogen (secondary N) is 1. The van der Waals surface area contributed by atoms with Gasteiger partial charge >= 0.3 is 0 Å². The number of hydrogen-bond acceptors (Lipinski definition) is 1. The van der Waals surface area contributed by atoms with E-state index in [9.17, 15) is 0 Å². The SMILES string of the molecule is CCNC(Cc1ccc(Cl)c(Cl)c1)C1C2CCCC21. The van der Waals surface area contributed by atoms with Gasteiger partial charge in [0.1, 0.15) is 0 Å². The Morgan fingerprint density at radius 2 is 1.95 bits per heavy atom. The Labute approximate surface area is 125 Å². The zero-order chi connectivity index (χ0) is 13.4. The predicted molar refractivity (Wildman–Crippen MR) is 82.0 cm³/mol. The molecule has 1 aromatic rings. The molecule has 0 aliphatic heterocycles. The van der Waals surface area contributed by atoms with Crippen molar-refractivity contribution in [3.8, 4) is 0 Å². The number of likely N-dealkylation sites (N-methyl/N-ethyl adjacent to an activating group) is 1. The average molecular weight is 298 g/mol. The van der Waals surface area contributed by atoms with Crippen LogP contribution >= 0.6 is 23.2 Å². The van der Waals surface area contributed by atoms with Crippen molar-refractivity contribution < 1.29 is 0 Å². The molecule has 0 bridgehead atoms. The maximum Gasteiger partial charge on any atom is 0.0595 e. The van der Waals surface area contributed by atoms with Crippen LogP contribution in [0.25, 0.3) is 0 Å². The maximum absolute atomic E-state index is 6.11. The van der Waals surface area contributed by atoms with E-state index in [-0.39, 0.29) is 0 Å². The molecule has 0 spiro atoms. The molecule has 0 heterocycles. The highest BCUT2D eigenvalue weighted by Gasteiger charge is 2.55. The molecule has 19 heavy (non-hydrogen) atoms. The predicted octanol–water partition coefficient (Wildman–Crippen LogP) is 4.56. The lowest BCUT2D eigenvalue weighted by molar-refractivity contribution is 0.411. The Balaban J connectivity index is 1.69. The van der Waals surface area contributed by atoms with Gasteiger partial charge in [-0.2, -0.15) is 0 Å². The third-order valence-corrected chi connectivity index (χ3v) is 5.58. The zero-order valence-corrected chi connectivity index (χ0v) is 12.8. The van der Waals surface area contributed by atoms with Crippen LogP contribution in [0.4, 0.5) is 0 Å². The topological polar surface area (TPSA) is 12.0 Å². The summed E-state index contributed by atoms with van der Waals surface area (Å²) in [6.07, 6.45) is 5.40. The first-order chi connectivity index (χ1) is 9.20. The molecule has 104 valence electrons. The van der Waals surface area contributed by atoms with Crippen molar-refractivity contribution in [3.05, 3.63) is 33.8 Å². The lowest BCUT2D eigenvalue weighted by Crippen LogP contribution is -2.34. The highest BCUT2D eigenvalue weighted by atomic mass is 35.5. The Morgan fingerprint density at radius 1 is 1.21 bits per heavy atom. The summed E-state index contributed by atoms with van der Waals surface area (Å²) in [6.45, 7) is 3.24. The zero-order valence-electron chi connectivity index (χ0n) is 11.3. The minimum absolute atomic E-state index is 0.609. The molecule has 2 saturated carbocycles. The van der Waals surface area contributed by atoms with Crippen LogP contribution in [0.5, 0.6) is 0 Å². The Hall–Kier alpha value is -0.240. The number of hydrogen-bond donors (Lipinski definition) is 1. The van der Waals surface area contributed by atoms with Crippen LogP contribution in [0.15, 0.2) is 18.2 Å². The molecule has 3 heteroatoms. The van der Waals surface area contributed by atoms with Crippen molar-refractivity contribution in [1.29, 1.82) is 0 Å². The minimum Gasteiger partial charge on any atom is -0.314 e. The summed E-state index contributed by atoms with van der Waals surface area (Å²) in [5, 5.41) is 5.00. The number of fused-ring (bicyclic) bond motifs is 1. The van der Waals surface area contributed by atoms with Crippen LogP contribution in [-0.2, 0) is 6.42 Å². The van der Waals surface area contributed by atoms with Crippen LogP contribution < -0.4 is 5.32 Å². The normalized spacial score (nSPS) is 30.2. The average Bonchev–Trinajstić information content (AvgIpc) is 2.86. The summed E-state index contributed by atoms with van der Waals surface area (Å²) in [7, 11) is 0. The highest BCUT2D eigenvalue weighted by Crippen LogP contribution is 2.59. The summed E-state index contributed by atoms with van der Waals surface area (Å²) in [4.78, 5) is 0. The molecular weight excluding hydrogens is 277 g/mol. The monoisotopic (exact) mass is 297 g/mol. The molecule has 2 aliphatic rings. The molecule has 2 fully saturated rings. The molecular formula is C16H21Cl2N. The Morgan fingerprint density at radius 3 is 2.58 bits per heavy atom. The van der Waals surface area contributed by atoms with E-state index in [1.54, 1.807) is 0 Å². The van der Waals surface area contributed by atoms with Crippen LogP contribution in [0.2, 0.25) is 10.0 Å². The smallest absolute Gasteiger partial charge is 0.0595 e. The fourth-order valence-electron chi connectivity index (χ4n) is 4.00. The molecule has 0 saturated heterocycles. The minimum atomic E-state index is 0.609. The molecule has 3 unspecified atom stereocenters. The molecule has 1 nitrogen and oxygen atoms in total. The summed E-state index contributed by atoms with van der Waals surface area (Å²) in [5.74, 6) is 2.88. The first-order valence-corrected chi connectivity index (χ1v) is 8.13. The van der Waals surface area contributed by atoms with E-state index in [1.807, 2.05) is 12.1 Å². The molecule has 3 atom stereocenters. The Bertz CT molecular complexity index is 450. The van der Waals surface area contributed by atoms with Crippen LogP contribution in [0.1, 0.15) is 31.7 Å². The van der Waals surface area contributed by atoms with Gasteiger partial charge in [-0.15, -0.1) is 0 Å². The standard InChI is InChI=1S/C16H21Cl2N/c1-2-19-15(16-11-4-3-5-12(11)16)9-10-6-7-13(17)14(18)8-10/h6-8,11-12,15-16,19H,2-5,9H2,1H3. The second-order valence-corrected chi connectivity index (χ2v) is 6.77. The molecule has 0 amide bonds. The van der Waals surface area contributed by atoms with Crippen LogP contribution in [-0.4, -0.2) is 12.6 Å². The van der Waals surface area contributed by atoms with Crippen molar-refractivity contribution in [2.75, 3.05) is 6.54 Å². The summed E-state index contributed by atoms with van der Waals surface area (Å²) < 4.78 is 0. The highest BCUT2D eigenvalue weighted by molar-refractivity contribution is 6.42. The van der Waals surface area contributed by atoms with E-state index in [4.69, 9.17) is 23.2 Å². The quantitative estimate of drug-likeness (QED) is 0.840. The molecule has 0 aromatic heterocycles. The largest absolute Gasteiger partial charge is 0.314 e. The van der Waals surface area contributed by atoms with E-state index >= 15 is 0 Å². The first kappa shape index (κ1) is 13.7. The van der Waals surface area contributed by atoms with Crippen LogP contribution in [0.3, 0.4) is 0 Å². The van der Waals surface area contributed by atoms with Crippen molar-refractivity contribution in [2.45, 2.75) is 38.6 Å². The van der Waals surface area contributed by atoms with Gasteiger partial charge in [0, 0.05) is 6.04 Å². The summed E-state index contributed by atoms with van der Waals surface area (Å²) >= 11 is 12.1. The van der Waals surface area contributed by atoms with Gasteiger partial charge in [-0.1, -0.05) is 42.6 Å². The van der Waals surface area contributed by atoms with E-state index in [2.05, 4.69) is 18.3 Å². The van der Waals surface area contributed by atoms with Gasteiger partial charge in [-0.05, 0) is 61.3 Å². The fraction of sp³-hybridized carbons (Fsp3) is 0.625. The van der Waals surface area contributed by atoms with Gasteiger partial charge in [0.25, 0.3) is 0 Å². The van der Waals surface area contributed by atoms with Gasteiger partial charge in [-0.3, -0.25) is 0 Å². The molecule has 2 aliphatic carbocycles. The van der Waals surface area contributed by atoms with E-state index < -0.39 is 0 Å². The van der Waals surface area contributed by atoms with Gasteiger partial charge in [0.05, 0.1) is 10.0 Å². The van der Waals surface area contributed by atoms with Gasteiger partial charge in [0.15, 0.2) is 0 Å². The third-order valence-electron chi connectivity index (χ3n) is 4.84. The van der Waals surface area contributed by atoms with E-state index in [0.717, 1.165) is 30.7 Å². The van der Waals surface area contributed by atoms with Crippen molar-refractivity contribution >= 4 is 23.2 Å². The molecule has 1 N–H and O–H groups in total. The summed E-state index contributed by atoms with van der Waals surface area (Å²) in [6, 6.07) is 6.65. The first-order valence-electron chi connectivity index (χ1n) is 7.38. The van der Waals surface area contributed by atoms with Crippen molar-refractivity contribution in [2.24, 2.45) is 17.8 Å². The third kappa shape index (κ3) is 2.79. The van der Waals surface area contributed by atoms with Gasteiger partial charge in [-0.25, -0.2) is 0 Å². The fourth-order valence-corrected chi connectivity index (χ4v) is 4.32. The van der Waals surface area contributed by atoms with Gasteiger partial charge < -0.3 is 5.32 Å². The van der Waals surface area contributed by atoms with E-state index in [0.29, 0.717) is 16.1 Å². The van der Waals surface area contributed by atoms with Crippen LogP contribution in [0, 0.1) is 17.8 Å². The molecule has 1 aromatic carbocycles. The number of rotatable bonds is 5. The maximum atomic E-state index is 6.11. The number of halogens is 2. The lowest BCUT2D eigenvalue weighted by Gasteiger charge is -2.20. The second-order valence-electron chi connectivity index (χ2n) is 5.95. The van der Waals surface area contributed by atoms with Crippen molar-refractivity contribution in [1.82, 2.24) is 5.32 Å². The second kappa shape index (κ2) is 5.63. The number of benzene rings is 1. The lowest BCUT2D eigenvalue weighted by atomic mass is 9.97. The molecule has 3 rings (SSSR count). The molecule has 0 radical (unpaired) electrons.